The molecule has 1 atom stereocenters. The lowest BCUT2D eigenvalue weighted by Crippen LogP contribution is -2.29. The lowest BCUT2D eigenvalue weighted by molar-refractivity contribution is -0.117. The summed E-state index contributed by atoms with van der Waals surface area (Å²) >= 11 is 15.9. The SMILES string of the molecule is CC(=O)CC(NCc1ccc(Cl)c(Cl)c1)c1ccc2c(c1)nc(-c1ccc(N(CCO)CCO)cc1)n2Cc1ccc(Br)cc1. The zero-order valence-corrected chi connectivity index (χ0v) is 28.0. The number of halogens is 3. The molecule has 0 spiro atoms. The molecule has 7 nitrogen and oxygen atoms in total. The van der Waals surface area contributed by atoms with Crippen LogP contribution in [0.25, 0.3) is 22.4 Å². The number of hydrogen-bond acceptors (Lipinski definition) is 6. The molecule has 0 bridgehead atoms. The van der Waals surface area contributed by atoms with Crippen LogP contribution in [0.1, 0.15) is 36.1 Å². The number of Topliss-reactive ketones (excluding diaryl/α,β-unsaturated/α-hetero) is 1. The van der Waals surface area contributed by atoms with Gasteiger partial charge in [-0.15, -0.1) is 0 Å². The minimum atomic E-state index is -0.218. The van der Waals surface area contributed by atoms with Gasteiger partial charge in [-0.25, -0.2) is 4.98 Å². The summed E-state index contributed by atoms with van der Waals surface area (Å²) in [4.78, 5) is 19.4. The first kappa shape index (κ1) is 33.1. The minimum Gasteiger partial charge on any atom is -0.395 e. The molecule has 0 saturated carbocycles. The number of ketones is 1. The fraction of sp³-hybridized carbons (Fsp3) is 0.257. The number of rotatable bonds is 14. The molecule has 0 amide bonds. The third-order valence-electron chi connectivity index (χ3n) is 7.69. The minimum absolute atomic E-state index is 0.00000463. The fourth-order valence-corrected chi connectivity index (χ4v) is 6.02. The maximum Gasteiger partial charge on any atom is 0.141 e. The van der Waals surface area contributed by atoms with E-state index in [2.05, 4.69) is 56.1 Å². The number of nitrogens with zero attached hydrogens (tertiary/aromatic N) is 3. The lowest BCUT2D eigenvalue weighted by atomic mass is 10.0. The lowest BCUT2D eigenvalue weighted by Gasteiger charge is -2.23. The van der Waals surface area contributed by atoms with Crippen LogP contribution in [0.15, 0.2) is 89.4 Å². The molecule has 0 saturated heterocycles. The van der Waals surface area contributed by atoms with Crippen molar-refractivity contribution >= 4 is 61.6 Å². The van der Waals surface area contributed by atoms with E-state index < -0.39 is 0 Å². The van der Waals surface area contributed by atoms with E-state index in [0.717, 1.165) is 49.3 Å². The monoisotopic (exact) mass is 708 g/mol. The van der Waals surface area contributed by atoms with Crippen molar-refractivity contribution in [1.82, 2.24) is 14.9 Å². The number of aliphatic hydroxyl groups is 2. The molecule has 10 heteroatoms. The number of nitrogens with one attached hydrogen (secondary N) is 1. The van der Waals surface area contributed by atoms with Gasteiger partial charge in [0.2, 0.25) is 0 Å². The van der Waals surface area contributed by atoms with Gasteiger partial charge in [-0.05, 0) is 84.3 Å². The number of fused-ring (bicyclic) bond motifs is 1. The number of benzene rings is 4. The molecule has 0 fully saturated rings. The standard InChI is InChI=1S/C35H35BrCl2N4O3/c1-23(45)18-32(39-21-25-4-12-30(37)31(38)19-25)27-7-13-34-33(20-27)40-35(42(34)22-24-2-8-28(36)9-3-24)26-5-10-29(11-6-26)41(14-16-43)15-17-44/h2-13,19-20,32,39,43-44H,14-18,21-22H2,1H3. The second-order valence-corrected chi connectivity index (χ2v) is 12.7. The highest BCUT2D eigenvalue weighted by Crippen LogP contribution is 2.31. The van der Waals surface area contributed by atoms with Gasteiger partial charge in [0.15, 0.2) is 0 Å². The van der Waals surface area contributed by atoms with E-state index >= 15 is 0 Å². The summed E-state index contributed by atoms with van der Waals surface area (Å²) in [7, 11) is 0. The number of aliphatic hydroxyl groups excluding tert-OH is 2. The van der Waals surface area contributed by atoms with Crippen molar-refractivity contribution in [2.24, 2.45) is 0 Å². The van der Waals surface area contributed by atoms with Crippen LogP contribution in [-0.4, -0.2) is 51.9 Å². The molecule has 1 unspecified atom stereocenters. The first-order valence-electron chi connectivity index (χ1n) is 14.7. The highest BCUT2D eigenvalue weighted by Gasteiger charge is 2.19. The first-order valence-corrected chi connectivity index (χ1v) is 16.3. The van der Waals surface area contributed by atoms with Gasteiger partial charge in [-0.3, -0.25) is 4.79 Å². The Hall–Kier alpha value is -3.24. The second kappa shape index (κ2) is 15.4. The Morgan fingerprint density at radius 1 is 0.911 bits per heavy atom. The average molecular weight is 711 g/mol. The van der Waals surface area contributed by atoms with Crippen molar-refractivity contribution in [2.45, 2.75) is 32.5 Å². The molecule has 1 heterocycles. The number of hydrogen-bond donors (Lipinski definition) is 3. The van der Waals surface area contributed by atoms with E-state index in [0.29, 0.717) is 42.6 Å². The molecule has 45 heavy (non-hydrogen) atoms. The van der Waals surface area contributed by atoms with E-state index in [1.165, 1.54) is 0 Å². The molecule has 0 aliphatic rings. The molecule has 5 rings (SSSR count). The van der Waals surface area contributed by atoms with Crippen molar-refractivity contribution in [3.8, 4) is 11.4 Å². The quantitative estimate of drug-likeness (QED) is 0.111. The average Bonchev–Trinajstić information content (AvgIpc) is 3.39. The number of carbonyl (C=O) groups excluding carboxylic acids is 1. The predicted octanol–water partition coefficient (Wildman–Crippen LogP) is 7.42. The van der Waals surface area contributed by atoms with Crippen LogP contribution < -0.4 is 10.2 Å². The maximum absolute atomic E-state index is 12.3. The van der Waals surface area contributed by atoms with Crippen molar-refractivity contribution < 1.29 is 15.0 Å². The van der Waals surface area contributed by atoms with E-state index in [-0.39, 0.29) is 25.0 Å². The summed E-state index contributed by atoms with van der Waals surface area (Å²) in [6, 6.07) is 27.8. The van der Waals surface area contributed by atoms with E-state index in [1.54, 1.807) is 13.0 Å². The van der Waals surface area contributed by atoms with Crippen LogP contribution in [0, 0.1) is 0 Å². The molecule has 234 valence electrons. The van der Waals surface area contributed by atoms with Gasteiger partial charge in [0.25, 0.3) is 0 Å². The zero-order valence-electron chi connectivity index (χ0n) is 24.9. The third kappa shape index (κ3) is 8.33. The topological polar surface area (TPSA) is 90.6 Å². The van der Waals surface area contributed by atoms with Crippen molar-refractivity contribution in [2.75, 3.05) is 31.2 Å². The van der Waals surface area contributed by atoms with Gasteiger partial charge >= 0.3 is 0 Å². The number of carbonyl (C=O) groups is 1. The maximum atomic E-state index is 12.3. The molecular weight excluding hydrogens is 675 g/mol. The second-order valence-electron chi connectivity index (χ2n) is 11.0. The van der Waals surface area contributed by atoms with E-state index in [1.807, 2.05) is 53.4 Å². The summed E-state index contributed by atoms with van der Waals surface area (Å²) < 4.78 is 3.22. The highest BCUT2D eigenvalue weighted by atomic mass is 79.9. The summed E-state index contributed by atoms with van der Waals surface area (Å²) in [5, 5.41) is 23.5. The van der Waals surface area contributed by atoms with Crippen molar-refractivity contribution in [3.63, 3.8) is 0 Å². The third-order valence-corrected chi connectivity index (χ3v) is 8.95. The summed E-state index contributed by atoms with van der Waals surface area (Å²) in [5.41, 5.74) is 6.75. The first-order chi connectivity index (χ1) is 21.7. The summed E-state index contributed by atoms with van der Waals surface area (Å²) in [6.45, 7) is 3.61. The molecule has 0 aliphatic carbocycles. The Bertz CT molecular complexity index is 1750. The van der Waals surface area contributed by atoms with Crippen molar-refractivity contribution in [3.05, 3.63) is 116 Å². The van der Waals surface area contributed by atoms with Gasteiger partial charge in [-0.1, -0.05) is 63.4 Å². The van der Waals surface area contributed by atoms with Crippen LogP contribution >= 0.6 is 39.1 Å². The largest absolute Gasteiger partial charge is 0.395 e. The summed E-state index contributed by atoms with van der Waals surface area (Å²) in [6.07, 6.45) is 0.332. The molecule has 4 aromatic carbocycles. The predicted molar refractivity (Wildman–Crippen MR) is 186 cm³/mol. The van der Waals surface area contributed by atoms with Crippen LogP contribution in [0.4, 0.5) is 5.69 Å². The van der Waals surface area contributed by atoms with Gasteiger partial charge in [0.1, 0.15) is 11.6 Å². The zero-order chi connectivity index (χ0) is 31.9. The van der Waals surface area contributed by atoms with Crippen LogP contribution in [0.5, 0.6) is 0 Å². The molecule has 0 radical (unpaired) electrons. The molecule has 3 N–H and O–H groups in total. The Morgan fingerprint density at radius 2 is 1.60 bits per heavy atom. The van der Waals surface area contributed by atoms with Gasteiger partial charge < -0.3 is 25.0 Å². The summed E-state index contributed by atoms with van der Waals surface area (Å²) in [5.74, 6) is 0.902. The molecular formula is C35H35BrCl2N4O3. The smallest absolute Gasteiger partial charge is 0.141 e. The van der Waals surface area contributed by atoms with Crippen molar-refractivity contribution in [1.29, 1.82) is 0 Å². The number of anilines is 1. The Kier molecular flexibility index (Phi) is 11.3. The number of imidazole rings is 1. The Labute approximate surface area is 281 Å². The van der Waals surface area contributed by atoms with E-state index in [9.17, 15) is 15.0 Å². The van der Waals surface area contributed by atoms with E-state index in [4.69, 9.17) is 28.2 Å². The normalized spacial score (nSPS) is 12.0. The Morgan fingerprint density at radius 3 is 2.24 bits per heavy atom. The van der Waals surface area contributed by atoms with Crippen LogP contribution in [0.2, 0.25) is 10.0 Å². The molecule has 5 aromatic rings. The Balaban J connectivity index is 1.52. The number of aromatic nitrogens is 2. The fourth-order valence-electron chi connectivity index (χ4n) is 5.44. The van der Waals surface area contributed by atoms with Crippen LogP contribution in [-0.2, 0) is 17.9 Å². The molecule has 1 aromatic heterocycles. The van der Waals surface area contributed by atoms with Gasteiger partial charge in [-0.2, -0.15) is 0 Å². The molecule has 0 aliphatic heterocycles. The van der Waals surface area contributed by atoms with Crippen LogP contribution in [0.3, 0.4) is 0 Å². The van der Waals surface area contributed by atoms with Gasteiger partial charge in [0.05, 0.1) is 34.3 Å². The highest BCUT2D eigenvalue weighted by molar-refractivity contribution is 9.10. The van der Waals surface area contributed by atoms with Gasteiger partial charge in [0, 0.05) is 54.4 Å².